The lowest BCUT2D eigenvalue weighted by molar-refractivity contribution is 0.217. The van der Waals surface area contributed by atoms with Gasteiger partial charge in [-0.15, -0.1) is 0 Å². The van der Waals surface area contributed by atoms with Gasteiger partial charge in [-0.25, -0.2) is 4.79 Å². The van der Waals surface area contributed by atoms with Crippen molar-refractivity contribution in [3.05, 3.63) is 29.8 Å². The first-order valence-electron chi connectivity index (χ1n) is 6.70. The van der Waals surface area contributed by atoms with Crippen molar-refractivity contribution in [1.82, 2.24) is 4.90 Å². The number of nitrogens with zero attached hydrogens (tertiary/aromatic N) is 2. The van der Waals surface area contributed by atoms with Gasteiger partial charge in [-0.2, -0.15) is 0 Å². The van der Waals surface area contributed by atoms with Crippen molar-refractivity contribution in [2.24, 2.45) is 0 Å². The number of carbonyl (C=O) groups is 1. The second-order valence-electron chi connectivity index (χ2n) is 4.59. The number of hydrogen-bond acceptors (Lipinski definition) is 1. The number of carbonyl (C=O) groups excluding carboxylic acids is 1. The molecule has 100 valence electrons. The predicted molar refractivity (Wildman–Crippen MR) is 77.1 cm³/mol. The summed E-state index contributed by atoms with van der Waals surface area (Å²) in [5.74, 6) is 0. The molecule has 0 spiro atoms. The van der Waals surface area contributed by atoms with Crippen molar-refractivity contribution in [3.8, 4) is 0 Å². The lowest BCUT2D eigenvalue weighted by atomic mass is 10.1. The lowest BCUT2D eigenvalue weighted by Gasteiger charge is -2.28. The van der Waals surface area contributed by atoms with E-state index < -0.39 is 0 Å². The van der Waals surface area contributed by atoms with Crippen LogP contribution in [0, 0.1) is 6.92 Å². The van der Waals surface area contributed by atoms with Crippen LogP contribution in [0.5, 0.6) is 0 Å². The Hall–Kier alpha value is -1.51. The Morgan fingerprint density at radius 1 is 1.22 bits per heavy atom. The Morgan fingerprint density at radius 2 is 1.89 bits per heavy atom. The van der Waals surface area contributed by atoms with Crippen LogP contribution in [0.4, 0.5) is 10.5 Å². The highest BCUT2D eigenvalue weighted by atomic mass is 16.2. The van der Waals surface area contributed by atoms with Gasteiger partial charge in [-0.05, 0) is 31.9 Å². The summed E-state index contributed by atoms with van der Waals surface area (Å²) in [5, 5.41) is 0. The van der Waals surface area contributed by atoms with E-state index in [1.807, 2.05) is 50.1 Å². The van der Waals surface area contributed by atoms with Crippen molar-refractivity contribution in [1.29, 1.82) is 0 Å². The topological polar surface area (TPSA) is 23.6 Å². The first-order chi connectivity index (χ1) is 8.61. The number of benzene rings is 1. The van der Waals surface area contributed by atoms with Crippen LogP contribution < -0.4 is 4.90 Å². The van der Waals surface area contributed by atoms with Gasteiger partial charge in [0, 0.05) is 25.8 Å². The Morgan fingerprint density at radius 3 is 2.44 bits per heavy atom. The zero-order valence-electron chi connectivity index (χ0n) is 11.9. The second kappa shape index (κ2) is 7.04. The molecule has 0 radical (unpaired) electrons. The molecular formula is C15H24N2O. The lowest BCUT2D eigenvalue weighted by Crippen LogP contribution is -2.42. The maximum absolute atomic E-state index is 12.4. The Bertz CT molecular complexity index is 390. The Labute approximate surface area is 110 Å². The number of amides is 2. The minimum Gasteiger partial charge on any atom is -0.328 e. The molecular weight excluding hydrogens is 224 g/mol. The van der Waals surface area contributed by atoms with E-state index in [1.165, 1.54) is 0 Å². The minimum absolute atomic E-state index is 0.0836. The molecule has 18 heavy (non-hydrogen) atoms. The zero-order chi connectivity index (χ0) is 13.5. The van der Waals surface area contributed by atoms with E-state index in [9.17, 15) is 4.79 Å². The second-order valence-corrected chi connectivity index (χ2v) is 4.59. The van der Waals surface area contributed by atoms with Crippen LogP contribution in [-0.2, 0) is 0 Å². The average molecular weight is 248 g/mol. The fourth-order valence-electron chi connectivity index (χ4n) is 1.84. The summed E-state index contributed by atoms with van der Waals surface area (Å²) >= 11 is 0. The van der Waals surface area contributed by atoms with E-state index >= 15 is 0 Å². The molecule has 0 aliphatic rings. The first-order valence-corrected chi connectivity index (χ1v) is 6.70. The van der Waals surface area contributed by atoms with E-state index in [0.717, 1.165) is 37.2 Å². The average Bonchev–Trinajstić information content (AvgIpc) is 2.39. The molecule has 1 rings (SSSR count). The van der Waals surface area contributed by atoms with Crippen molar-refractivity contribution >= 4 is 11.7 Å². The number of para-hydroxylation sites is 1. The van der Waals surface area contributed by atoms with Gasteiger partial charge in [0.2, 0.25) is 0 Å². The molecule has 0 aliphatic carbocycles. The summed E-state index contributed by atoms with van der Waals surface area (Å²) in [6.45, 7) is 7.70. The van der Waals surface area contributed by atoms with Crippen LogP contribution in [0.1, 0.15) is 32.3 Å². The minimum atomic E-state index is 0.0836. The molecule has 0 fully saturated rings. The van der Waals surface area contributed by atoms with Gasteiger partial charge in [-0.3, -0.25) is 4.90 Å². The Balaban J connectivity index is 2.98. The molecule has 1 aromatic rings. The van der Waals surface area contributed by atoms with Gasteiger partial charge >= 0.3 is 6.03 Å². The smallest absolute Gasteiger partial charge is 0.324 e. The predicted octanol–water partition coefficient (Wildman–Crippen LogP) is 3.67. The molecule has 0 aromatic heterocycles. The summed E-state index contributed by atoms with van der Waals surface area (Å²) < 4.78 is 0. The van der Waals surface area contributed by atoms with Gasteiger partial charge in [0.1, 0.15) is 0 Å². The van der Waals surface area contributed by atoms with Crippen LogP contribution in [-0.4, -0.2) is 31.1 Å². The number of unbranched alkanes of at least 4 members (excludes halogenated alkanes) is 1. The third-order valence-corrected chi connectivity index (χ3v) is 3.17. The van der Waals surface area contributed by atoms with Crippen molar-refractivity contribution < 1.29 is 4.79 Å². The fraction of sp³-hybridized carbons (Fsp3) is 0.533. The van der Waals surface area contributed by atoms with E-state index in [1.54, 1.807) is 4.90 Å². The van der Waals surface area contributed by atoms with E-state index in [-0.39, 0.29) is 6.03 Å². The summed E-state index contributed by atoms with van der Waals surface area (Å²) in [5.41, 5.74) is 2.17. The quantitative estimate of drug-likeness (QED) is 0.780. The van der Waals surface area contributed by atoms with Crippen molar-refractivity contribution in [3.63, 3.8) is 0 Å². The molecule has 0 heterocycles. The van der Waals surface area contributed by atoms with Crippen LogP contribution in [0.2, 0.25) is 0 Å². The van der Waals surface area contributed by atoms with Gasteiger partial charge in [0.05, 0.1) is 0 Å². The summed E-state index contributed by atoms with van der Waals surface area (Å²) in [6, 6.07) is 8.14. The molecule has 1 aromatic carbocycles. The molecule has 0 bridgehead atoms. The third kappa shape index (κ3) is 3.49. The summed E-state index contributed by atoms with van der Waals surface area (Å²) in [6.07, 6.45) is 2.11. The molecule has 3 heteroatoms. The van der Waals surface area contributed by atoms with Gasteiger partial charge in [-0.1, -0.05) is 31.5 Å². The molecule has 0 saturated carbocycles. The van der Waals surface area contributed by atoms with Crippen LogP contribution in [0.3, 0.4) is 0 Å². The van der Waals surface area contributed by atoms with Gasteiger partial charge < -0.3 is 4.90 Å². The van der Waals surface area contributed by atoms with E-state index in [4.69, 9.17) is 0 Å². The molecule has 0 aliphatic heterocycles. The van der Waals surface area contributed by atoms with Gasteiger partial charge in [0.15, 0.2) is 0 Å². The normalized spacial score (nSPS) is 10.2. The maximum atomic E-state index is 12.4. The van der Waals surface area contributed by atoms with Crippen LogP contribution in [0.25, 0.3) is 0 Å². The summed E-state index contributed by atoms with van der Waals surface area (Å²) in [4.78, 5) is 16.0. The number of hydrogen-bond donors (Lipinski definition) is 0. The monoisotopic (exact) mass is 248 g/mol. The number of urea groups is 1. The summed E-state index contributed by atoms with van der Waals surface area (Å²) in [7, 11) is 1.85. The molecule has 0 saturated heterocycles. The molecule has 2 amide bonds. The SMILES string of the molecule is CCCCN(C(=O)N(C)CC)c1ccccc1C. The standard InChI is InChI=1S/C15H24N2O/c1-5-7-12-17(15(18)16(4)6-2)14-11-9-8-10-13(14)3/h8-11H,5-7,12H2,1-4H3. The number of rotatable bonds is 5. The Kier molecular flexibility index (Phi) is 5.69. The fourth-order valence-corrected chi connectivity index (χ4v) is 1.84. The van der Waals surface area contributed by atoms with E-state index in [0.29, 0.717) is 0 Å². The molecule has 0 unspecified atom stereocenters. The van der Waals surface area contributed by atoms with Gasteiger partial charge in [0.25, 0.3) is 0 Å². The van der Waals surface area contributed by atoms with Crippen molar-refractivity contribution in [2.45, 2.75) is 33.6 Å². The molecule has 0 atom stereocenters. The first kappa shape index (κ1) is 14.6. The zero-order valence-corrected chi connectivity index (χ0v) is 11.9. The number of aryl methyl sites for hydroxylation is 1. The highest BCUT2D eigenvalue weighted by molar-refractivity contribution is 5.92. The van der Waals surface area contributed by atoms with Crippen LogP contribution >= 0.6 is 0 Å². The van der Waals surface area contributed by atoms with Crippen LogP contribution in [0.15, 0.2) is 24.3 Å². The van der Waals surface area contributed by atoms with E-state index in [2.05, 4.69) is 6.92 Å². The van der Waals surface area contributed by atoms with Crippen molar-refractivity contribution in [2.75, 3.05) is 25.0 Å². The largest absolute Gasteiger partial charge is 0.328 e. The maximum Gasteiger partial charge on any atom is 0.324 e. The highest BCUT2D eigenvalue weighted by Gasteiger charge is 2.19. The highest BCUT2D eigenvalue weighted by Crippen LogP contribution is 2.21. The third-order valence-electron chi connectivity index (χ3n) is 3.17. The molecule has 0 N–H and O–H groups in total. The number of anilines is 1. The molecule has 3 nitrogen and oxygen atoms in total.